The molecule has 7 heteroatoms. The van der Waals surface area contributed by atoms with Crippen molar-refractivity contribution in [3.05, 3.63) is 17.0 Å². The molecule has 3 N–H and O–H groups in total. The third-order valence-corrected chi connectivity index (χ3v) is 5.33. The van der Waals surface area contributed by atoms with Gasteiger partial charge in [0.05, 0.1) is 5.56 Å². The molecule has 108 valence electrons. The first-order valence-electron chi connectivity index (χ1n) is 6.16. The van der Waals surface area contributed by atoms with Gasteiger partial charge in [-0.1, -0.05) is 20.3 Å². The number of hydrogen-bond acceptors (Lipinski definition) is 4. The molecule has 0 saturated heterocycles. The molecule has 0 aliphatic carbocycles. The summed E-state index contributed by atoms with van der Waals surface area (Å²) in [4.78, 5) is 11.9. The molecule has 1 rings (SSSR count). The molecule has 0 aliphatic rings. The van der Waals surface area contributed by atoms with E-state index in [4.69, 9.17) is 5.14 Å². The van der Waals surface area contributed by atoms with Gasteiger partial charge in [-0.05, 0) is 25.3 Å². The van der Waals surface area contributed by atoms with Gasteiger partial charge in [0.25, 0.3) is 5.91 Å². The minimum Gasteiger partial charge on any atom is -0.350 e. The fourth-order valence-corrected chi connectivity index (χ4v) is 3.31. The van der Waals surface area contributed by atoms with Gasteiger partial charge in [0.1, 0.15) is 4.21 Å². The average molecular weight is 304 g/mol. The van der Waals surface area contributed by atoms with Crippen molar-refractivity contribution in [3.8, 4) is 0 Å². The molecule has 0 bridgehead atoms. The van der Waals surface area contributed by atoms with E-state index < -0.39 is 10.0 Å². The summed E-state index contributed by atoms with van der Waals surface area (Å²) in [7, 11) is -3.73. The van der Waals surface area contributed by atoms with Crippen molar-refractivity contribution >= 4 is 27.3 Å². The Bertz CT molecular complexity index is 537. The second-order valence-corrected chi connectivity index (χ2v) is 7.52. The topological polar surface area (TPSA) is 89.3 Å². The average Bonchev–Trinajstić information content (AvgIpc) is 2.77. The van der Waals surface area contributed by atoms with E-state index in [-0.39, 0.29) is 16.2 Å². The van der Waals surface area contributed by atoms with Gasteiger partial charge in [0.2, 0.25) is 10.0 Å². The van der Waals surface area contributed by atoms with Crippen molar-refractivity contribution in [3.63, 3.8) is 0 Å². The Morgan fingerprint density at radius 3 is 2.58 bits per heavy atom. The van der Waals surface area contributed by atoms with Crippen LogP contribution in [0.2, 0.25) is 0 Å². The molecule has 0 aliphatic heterocycles. The molecular weight excluding hydrogens is 284 g/mol. The molecular formula is C12H20N2O3S2. The van der Waals surface area contributed by atoms with Crippen LogP contribution in [0.1, 0.15) is 44.0 Å². The number of amides is 1. The monoisotopic (exact) mass is 304 g/mol. The van der Waals surface area contributed by atoms with Gasteiger partial charge in [0, 0.05) is 11.4 Å². The number of nitrogens with one attached hydrogen (secondary N) is 1. The van der Waals surface area contributed by atoms with Crippen molar-refractivity contribution in [2.24, 2.45) is 11.1 Å². The van der Waals surface area contributed by atoms with Crippen LogP contribution in [-0.4, -0.2) is 20.4 Å². The Kier molecular flexibility index (Phi) is 5.51. The summed E-state index contributed by atoms with van der Waals surface area (Å²) in [5.74, 6) is 0.278. The normalized spacial score (nSPS) is 14.9. The van der Waals surface area contributed by atoms with Crippen LogP contribution < -0.4 is 10.5 Å². The van der Waals surface area contributed by atoms with Crippen molar-refractivity contribution in [1.29, 1.82) is 0 Å². The van der Waals surface area contributed by atoms with E-state index in [2.05, 4.69) is 19.2 Å². The number of nitrogens with two attached hydrogens (primary N) is 1. The molecule has 1 heterocycles. The maximum absolute atomic E-state index is 11.9. The molecule has 0 spiro atoms. The van der Waals surface area contributed by atoms with Crippen LogP contribution in [0.5, 0.6) is 0 Å². The van der Waals surface area contributed by atoms with E-state index in [0.717, 1.165) is 24.2 Å². The van der Waals surface area contributed by atoms with E-state index in [9.17, 15) is 13.2 Å². The number of sulfonamides is 1. The van der Waals surface area contributed by atoms with Gasteiger partial charge in [-0.25, -0.2) is 13.6 Å². The summed E-state index contributed by atoms with van der Waals surface area (Å²) in [6, 6.07) is 1.37. The van der Waals surface area contributed by atoms with Crippen molar-refractivity contribution in [2.45, 2.75) is 43.9 Å². The molecule has 0 aromatic carbocycles. The van der Waals surface area contributed by atoms with Crippen molar-refractivity contribution < 1.29 is 13.2 Å². The number of rotatable bonds is 6. The molecule has 2 unspecified atom stereocenters. The number of thiophene rings is 1. The zero-order valence-electron chi connectivity index (χ0n) is 11.3. The lowest BCUT2D eigenvalue weighted by Crippen LogP contribution is -2.33. The summed E-state index contributed by atoms with van der Waals surface area (Å²) >= 11 is 0.957. The van der Waals surface area contributed by atoms with Crippen LogP contribution in [0, 0.1) is 5.92 Å². The maximum atomic E-state index is 11.9. The third-order valence-electron chi connectivity index (χ3n) is 2.95. The van der Waals surface area contributed by atoms with Gasteiger partial charge in [-0.3, -0.25) is 4.79 Å². The zero-order chi connectivity index (χ0) is 14.6. The zero-order valence-corrected chi connectivity index (χ0v) is 13.0. The Hall–Kier alpha value is -0.920. The molecule has 2 atom stereocenters. The van der Waals surface area contributed by atoms with Crippen LogP contribution in [0.15, 0.2) is 15.7 Å². The minimum absolute atomic E-state index is 0.00669. The summed E-state index contributed by atoms with van der Waals surface area (Å²) in [6.07, 6.45) is 1.96. The fraction of sp³-hybridized carbons (Fsp3) is 0.583. The van der Waals surface area contributed by atoms with Gasteiger partial charge in [-0.2, -0.15) is 0 Å². The minimum atomic E-state index is -3.73. The Balaban J connectivity index is 2.66. The second kappa shape index (κ2) is 6.49. The molecule has 0 radical (unpaired) electrons. The Morgan fingerprint density at radius 1 is 1.47 bits per heavy atom. The quantitative estimate of drug-likeness (QED) is 0.841. The molecule has 1 aromatic heterocycles. The van der Waals surface area contributed by atoms with Gasteiger partial charge < -0.3 is 5.32 Å². The fourth-order valence-electron chi connectivity index (χ4n) is 1.72. The number of primary sulfonamides is 1. The SMILES string of the molecule is CCC(C)CC(C)NC(=O)c1csc(S(N)(=O)=O)c1. The van der Waals surface area contributed by atoms with Gasteiger partial charge in [-0.15, -0.1) is 11.3 Å². The van der Waals surface area contributed by atoms with Crippen LogP contribution >= 0.6 is 11.3 Å². The predicted molar refractivity (Wildman–Crippen MR) is 76.7 cm³/mol. The first-order valence-corrected chi connectivity index (χ1v) is 8.58. The summed E-state index contributed by atoms with van der Waals surface area (Å²) < 4.78 is 22.3. The Labute approximate surface area is 118 Å². The predicted octanol–water partition coefficient (Wildman–Crippen LogP) is 1.95. The molecule has 0 fully saturated rings. The van der Waals surface area contributed by atoms with Crippen LogP contribution in [0.3, 0.4) is 0 Å². The smallest absolute Gasteiger partial charge is 0.252 e. The van der Waals surface area contributed by atoms with E-state index >= 15 is 0 Å². The third kappa shape index (κ3) is 4.93. The standard InChI is InChI=1S/C12H20N2O3S2/c1-4-8(2)5-9(3)14-12(15)10-6-11(18-7-10)19(13,16)17/h6-9H,4-5H2,1-3H3,(H,14,15)(H2,13,16,17). The molecule has 1 aromatic rings. The van der Waals surface area contributed by atoms with Gasteiger partial charge >= 0.3 is 0 Å². The van der Waals surface area contributed by atoms with Crippen LogP contribution in [0.4, 0.5) is 0 Å². The van der Waals surface area contributed by atoms with Crippen molar-refractivity contribution in [2.75, 3.05) is 0 Å². The lowest BCUT2D eigenvalue weighted by molar-refractivity contribution is 0.0935. The van der Waals surface area contributed by atoms with E-state index in [1.807, 2.05) is 6.92 Å². The number of hydrogen-bond donors (Lipinski definition) is 2. The highest BCUT2D eigenvalue weighted by Crippen LogP contribution is 2.19. The number of carbonyl (C=O) groups excluding carboxylic acids is 1. The first kappa shape index (κ1) is 16.1. The molecule has 5 nitrogen and oxygen atoms in total. The largest absolute Gasteiger partial charge is 0.350 e. The Morgan fingerprint density at radius 2 is 2.11 bits per heavy atom. The van der Waals surface area contributed by atoms with Crippen LogP contribution in [-0.2, 0) is 10.0 Å². The van der Waals surface area contributed by atoms with E-state index in [1.165, 1.54) is 11.4 Å². The lowest BCUT2D eigenvalue weighted by atomic mass is 10.0. The molecule has 1 amide bonds. The van der Waals surface area contributed by atoms with Gasteiger partial charge in [0.15, 0.2) is 0 Å². The van der Waals surface area contributed by atoms with E-state index in [1.54, 1.807) is 0 Å². The second-order valence-electron chi connectivity index (χ2n) is 4.82. The van der Waals surface area contributed by atoms with E-state index in [0.29, 0.717) is 11.5 Å². The highest BCUT2D eigenvalue weighted by molar-refractivity contribution is 7.91. The highest BCUT2D eigenvalue weighted by Gasteiger charge is 2.17. The summed E-state index contributed by atoms with van der Waals surface area (Å²) in [5.41, 5.74) is 0.338. The first-order chi connectivity index (χ1) is 8.74. The summed E-state index contributed by atoms with van der Waals surface area (Å²) in [5, 5.41) is 9.37. The van der Waals surface area contributed by atoms with Crippen molar-refractivity contribution in [1.82, 2.24) is 5.32 Å². The lowest BCUT2D eigenvalue weighted by Gasteiger charge is -2.17. The van der Waals surface area contributed by atoms with Crippen LogP contribution in [0.25, 0.3) is 0 Å². The molecule has 0 saturated carbocycles. The highest BCUT2D eigenvalue weighted by atomic mass is 32.2. The number of carbonyl (C=O) groups is 1. The maximum Gasteiger partial charge on any atom is 0.252 e. The molecule has 19 heavy (non-hydrogen) atoms. The summed E-state index contributed by atoms with van der Waals surface area (Å²) in [6.45, 7) is 6.18.